The lowest BCUT2D eigenvalue weighted by atomic mass is 10.2. The Labute approximate surface area is 206 Å². The summed E-state index contributed by atoms with van der Waals surface area (Å²) in [5, 5.41) is 12.3. The van der Waals surface area contributed by atoms with Crippen LogP contribution in [0, 0.1) is 0 Å². The molecule has 0 saturated heterocycles. The summed E-state index contributed by atoms with van der Waals surface area (Å²) >= 11 is 5.93. The first kappa shape index (κ1) is 27.9. The predicted octanol–water partition coefficient (Wildman–Crippen LogP) is 4.25. The lowest BCUT2D eigenvalue weighted by Crippen LogP contribution is -2.53. The Morgan fingerprint density at radius 1 is 1.21 bits per heavy atom. The minimum Gasteiger partial charge on any atom is -0.477 e. The Balaban J connectivity index is 2.07. The fraction of sp³-hybridized carbons (Fsp3) is 0.739. The fourth-order valence-corrected chi connectivity index (χ4v) is 3.24. The zero-order valence-corrected chi connectivity index (χ0v) is 21.6. The van der Waals surface area contributed by atoms with E-state index in [9.17, 15) is 14.7 Å². The van der Waals surface area contributed by atoms with Gasteiger partial charge in [0.25, 0.3) is 0 Å². The molecule has 0 spiro atoms. The minimum absolute atomic E-state index is 0.104. The van der Waals surface area contributed by atoms with Crippen molar-refractivity contribution < 1.29 is 28.9 Å². The number of halogens is 1. The molecule has 2 N–H and O–H groups in total. The molecule has 2 rings (SSSR count). The van der Waals surface area contributed by atoms with Crippen molar-refractivity contribution in [3.05, 3.63) is 17.0 Å². The fourth-order valence-electron chi connectivity index (χ4n) is 3.12. The first-order valence-corrected chi connectivity index (χ1v) is 11.9. The second-order valence-corrected chi connectivity index (χ2v) is 10.6. The molecule has 10 nitrogen and oxygen atoms in total. The number of ether oxygens (including phenoxy) is 3. The summed E-state index contributed by atoms with van der Waals surface area (Å²) in [6.07, 6.45) is 2.20. The van der Waals surface area contributed by atoms with Gasteiger partial charge in [-0.25, -0.2) is 14.6 Å². The first-order chi connectivity index (χ1) is 15.8. The number of nitrogens with zero attached hydrogens (tertiary/aromatic N) is 3. The van der Waals surface area contributed by atoms with Crippen LogP contribution in [0.5, 0.6) is 5.88 Å². The Bertz CT molecular complexity index is 836. The van der Waals surface area contributed by atoms with Gasteiger partial charge in [0.15, 0.2) is 0 Å². The average molecular weight is 501 g/mol. The molecule has 34 heavy (non-hydrogen) atoms. The number of nitrogens with one attached hydrogen (secondary N) is 1. The lowest BCUT2D eigenvalue weighted by Gasteiger charge is -2.34. The van der Waals surface area contributed by atoms with Crippen LogP contribution in [-0.2, 0) is 9.47 Å². The van der Waals surface area contributed by atoms with E-state index >= 15 is 0 Å². The van der Waals surface area contributed by atoms with Crippen molar-refractivity contribution in [1.82, 2.24) is 20.2 Å². The summed E-state index contributed by atoms with van der Waals surface area (Å²) in [5.41, 5.74) is -0.521. The van der Waals surface area contributed by atoms with Gasteiger partial charge < -0.3 is 24.6 Å². The van der Waals surface area contributed by atoms with Gasteiger partial charge in [-0.1, -0.05) is 0 Å². The highest BCUT2D eigenvalue weighted by molar-refractivity contribution is 6.28. The first-order valence-electron chi connectivity index (χ1n) is 11.5. The molecule has 0 aliphatic heterocycles. The van der Waals surface area contributed by atoms with Gasteiger partial charge in [-0.05, 0) is 78.3 Å². The van der Waals surface area contributed by atoms with E-state index in [1.807, 2.05) is 0 Å². The zero-order valence-electron chi connectivity index (χ0n) is 20.9. The van der Waals surface area contributed by atoms with E-state index in [1.54, 1.807) is 47.7 Å². The van der Waals surface area contributed by atoms with Crippen LogP contribution in [0.2, 0.25) is 5.28 Å². The SMILES string of the molecule is CC(C)(C)OC(=O)NC(CCO)N(CCCOc1nc(Cl)ncc1C1CC1)C(=O)OC(C)(C)C. The third-order valence-corrected chi connectivity index (χ3v) is 4.82. The number of amides is 2. The van der Waals surface area contributed by atoms with E-state index in [2.05, 4.69) is 15.3 Å². The summed E-state index contributed by atoms with van der Waals surface area (Å²) in [6.45, 7) is 10.7. The second kappa shape index (κ2) is 11.9. The molecule has 192 valence electrons. The molecule has 0 bridgehead atoms. The highest BCUT2D eigenvalue weighted by Crippen LogP contribution is 2.43. The van der Waals surface area contributed by atoms with Crippen LogP contribution in [0.15, 0.2) is 6.20 Å². The zero-order chi connectivity index (χ0) is 25.5. The molecule has 1 aliphatic carbocycles. The second-order valence-electron chi connectivity index (χ2n) is 10.2. The van der Waals surface area contributed by atoms with Crippen LogP contribution in [-0.4, -0.2) is 69.3 Å². The maximum Gasteiger partial charge on any atom is 0.411 e. The normalized spacial score (nSPS) is 14.8. The molecule has 2 amide bonds. The largest absolute Gasteiger partial charge is 0.477 e. The molecule has 1 aliphatic rings. The molecular formula is C23H37ClN4O6. The summed E-state index contributed by atoms with van der Waals surface area (Å²) in [6, 6.07) is 0. The Hall–Kier alpha value is -2.33. The van der Waals surface area contributed by atoms with Crippen molar-refractivity contribution in [2.24, 2.45) is 0 Å². The topological polar surface area (TPSA) is 123 Å². The van der Waals surface area contributed by atoms with E-state index in [0.29, 0.717) is 18.2 Å². The van der Waals surface area contributed by atoms with Crippen molar-refractivity contribution in [1.29, 1.82) is 0 Å². The van der Waals surface area contributed by atoms with Crippen molar-refractivity contribution >= 4 is 23.8 Å². The number of aliphatic hydroxyl groups is 1. The van der Waals surface area contributed by atoms with Gasteiger partial charge >= 0.3 is 12.2 Å². The maximum atomic E-state index is 13.0. The van der Waals surface area contributed by atoms with Crippen LogP contribution in [0.4, 0.5) is 9.59 Å². The van der Waals surface area contributed by atoms with Gasteiger partial charge in [0.05, 0.1) is 6.61 Å². The van der Waals surface area contributed by atoms with Crippen LogP contribution in [0.1, 0.15) is 78.7 Å². The van der Waals surface area contributed by atoms with Crippen LogP contribution < -0.4 is 10.1 Å². The Kier molecular flexibility index (Phi) is 9.75. The lowest BCUT2D eigenvalue weighted by molar-refractivity contribution is 0.00438. The van der Waals surface area contributed by atoms with E-state index < -0.39 is 29.6 Å². The third kappa shape index (κ3) is 9.89. The quantitative estimate of drug-likeness (QED) is 0.277. The molecule has 1 saturated carbocycles. The molecule has 1 aromatic heterocycles. The maximum absolute atomic E-state index is 13.0. The number of hydrogen-bond acceptors (Lipinski definition) is 8. The number of carbonyl (C=O) groups is 2. The Morgan fingerprint density at radius 3 is 2.41 bits per heavy atom. The highest BCUT2D eigenvalue weighted by atomic mass is 35.5. The summed E-state index contributed by atoms with van der Waals surface area (Å²) in [4.78, 5) is 34.9. The minimum atomic E-state index is -0.829. The standard InChI is InChI=1S/C23H37ClN4O6/c1-22(2,3)33-20(30)26-17(10-12-29)28(21(31)34-23(4,5)6)11-7-13-32-18-16(15-8-9-15)14-25-19(24)27-18/h14-15,17,29H,7-13H2,1-6H3,(H,26,30). The van der Waals surface area contributed by atoms with Crippen molar-refractivity contribution in [2.45, 2.75) is 90.5 Å². The van der Waals surface area contributed by atoms with Crippen LogP contribution >= 0.6 is 11.6 Å². The molecule has 1 unspecified atom stereocenters. The van der Waals surface area contributed by atoms with Crippen LogP contribution in [0.3, 0.4) is 0 Å². The molecule has 11 heteroatoms. The van der Waals surface area contributed by atoms with E-state index in [0.717, 1.165) is 18.4 Å². The van der Waals surface area contributed by atoms with Gasteiger partial charge in [0.1, 0.15) is 17.4 Å². The van der Waals surface area contributed by atoms with E-state index in [-0.39, 0.29) is 31.5 Å². The number of rotatable bonds is 10. The van der Waals surface area contributed by atoms with Gasteiger partial charge in [0.2, 0.25) is 11.2 Å². The highest BCUT2D eigenvalue weighted by Gasteiger charge is 2.31. The monoisotopic (exact) mass is 500 g/mol. The molecule has 1 atom stereocenters. The number of aromatic nitrogens is 2. The number of alkyl carbamates (subject to hydrolysis) is 1. The van der Waals surface area contributed by atoms with Gasteiger partial charge in [-0.2, -0.15) is 4.98 Å². The molecule has 1 fully saturated rings. The molecule has 0 aromatic carbocycles. The van der Waals surface area contributed by atoms with E-state index in [1.165, 1.54) is 4.90 Å². The van der Waals surface area contributed by atoms with Crippen molar-refractivity contribution in [3.63, 3.8) is 0 Å². The van der Waals surface area contributed by atoms with Crippen molar-refractivity contribution in [3.8, 4) is 5.88 Å². The Morgan fingerprint density at radius 2 is 1.85 bits per heavy atom. The number of hydrogen-bond donors (Lipinski definition) is 2. The summed E-state index contributed by atoms with van der Waals surface area (Å²) < 4.78 is 16.7. The van der Waals surface area contributed by atoms with Crippen LogP contribution in [0.25, 0.3) is 0 Å². The number of aliphatic hydroxyl groups excluding tert-OH is 1. The molecule has 1 aromatic rings. The van der Waals surface area contributed by atoms with Gasteiger partial charge in [-0.15, -0.1) is 0 Å². The molecule has 1 heterocycles. The predicted molar refractivity (Wildman–Crippen MR) is 127 cm³/mol. The van der Waals surface area contributed by atoms with Gasteiger partial charge in [-0.3, -0.25) is 4.90 Å². The molecule has 0 radical (unpaired) electrons. The summed E-state index contributed by atoms with van der Waals surface area (Å²) in [7, 11) is 0. The smallest absolute Gasteiger partial charge is 0.411 e. The van der Waals surface area contributed by atoms with E-state index in [4.69, 9.17) is 25.8 Å². The number of carbonyl (C=O) groups excluding carboxylic acids is 2. The van der Waals surface area contributed by atoms with Gasteiger partial charge in [0, 0.05) is 31.3 Å². The van der Waals surface area contributed by atoms with Crippen molar-refractivity contribution in [2.75, 3.05) is 19.8 Å². The average Bonchev–Trinajstić information content (AvgIpc) is 3.50. The third-order valence-electron chi connectivity index (χ3n) is 4.64. The summed E-state index contributed by atoms with van der Waals surface area (Å²) in [5.74, 6) is 0.836. The molecular weight excluding hydrogens is 464 g/mol.